The van der Waals surface area contributed by atoms with E-state index in [0.717, 1.165) is 44.0 Å². The minimum absolute atomic E-state index is 0. The molecule has 6 heteroatoms. The summed E-state index contributed by atoms with van der Waals surface area (Å²) in [5.74, 6) is -0.290. The Bertz CT molecular complexity index is 1010. The number of ether oxygens (including phenoxy) is 1. The minimum atomic E-state index is -0.290. The van der Waals surface area contributed by atoms with Crippen LogP contribution in [0.15, 0.2) is 60.7 Å². The van der Waals surface area contributed by atoms with Crippen LogP contribution in [0.25, 0.3) is 16.2 Å². The molecule has 4 nitrogen and oxygen atoms in total. The van der Waals surface area contributed by atoms with E-state index in [0.29, 0.717) is 6.61 Å². The number of fused-ring (bicyclic) bond motifs is 1. The number of thiophene rings is 1. The predicted octanol–water partition coefficient (Wildman–Crippen LogP) is 5.26. The third kappa shape index (κ3) is 6.10. The average Bonchev–Trinajstić information content (AvgIpc) is 3.21. The van der Waals surface area contributed by atoms with Gasteiger partial charge in [0.05, 0.1) is 6.61 Å². The first-order valence-corrected chi connectivity index (χ1v) is 11.4. The van der Waals surface area contributed by atoms with Gasteiger partial charge in [0, 0.05) is 59.5 Å². The monoisotopic (exact) mass is 456 g/mol. The molecule has 1 aliphatic heterocycles. The smallest absolute Gasteiger partial charge is 0.330 e. The minimum Gasteiger partial charge on any atom is -0.463 e. The van der Waals surface area contributed by atoms with Gasteiger partial charge in [-0.1, -0.05) is 36.4 Å². The number of piperazine rings is 1. The van der Waals surface area contributed by atoms with Gasteiger partial charge in [-0.2, -0.15) is 0 Å². The molecule has 0 bridgehead atoms. The third-order valence-corrected chi connectivity index (χ3v) is 6.57. The summed E-state index contributed by atoms with van der Waals surface area (Å²) in [6, 6.07) is 19.4. The molecule has 1 saturated heterocycles. The molecule has 1 aromatic heterocycles. The van der Waals surface area contributed by atoms with Crippen LogP contribution in [0.4, 0.5) is 5.69 Å². The average molecular weight is 457 g/mol. The molecular weight excluding hydrogens is 428 g/mol. The standard InChI is InChI=1S/C25H28N2O2S.ClH/c1-2-29-25(28)12-11-21-19-22-23(9-6-10-24(22)30-21)27-17-15-26(16-18-27)14-13-20-7-4-3-5-8-20;/h3-12,19H,2,13-18H2,1H3;1H. The second-order valence-electron chi connectivity index (χ2n) is 7.49. The van der Waals surface area contributed by atoms with Crippen LogP contribution < -0.4 is 4.90 Å². The maximum absolute atomic E-state index is 11.6. The highest BCUT2D eigenvalue weighted by molar-refractivity contribution is 7.20. The number of hydrogen-bond donors (Lipinski definition) is 0. The number of benzene rings is 2. The van der Waals surface area contributed by atoms with Crippen LogP contribution in [0.5, 0.6) is 0 Å². The Labute approximate surface area is 194 Å². The van der Waals surface area contributed by atoms with Gasteiger partial charge in [0.15, 0.2) is 0 Å². The van der Waals surface area contributed by atoms with E-state index in [1.807, 2.05) is 13.0 Å². The van der Waals surface area contributed by atoms with Crippen LogP contribution in [0.2, 0.25) is 0 Å². The summed E-state index contributed by atoms with van der Waals surface area (Å²) in [6.07, 6.45) is 4.48. The van der Waals surface area contributed by atoms with Crippen molar-refractivity contribution in [1.29, 1.82) is 0 Å². The van der Waals surface area contributed by atoms with Gasteiger partial charge < -0.3 is 9.64 Å². The molecule has 0 unspecified atom stereocenters. The quantitative estimate of drug-likeness (QED) is 0.358. The van der Waals surface area contributed by atoms with Crippen molar-refractivity contribution in [3.8, 4) is 0 Å². The number of carbonyl (C=O) groups is 1. The maximum Gasteiger partial charge on any atom is 0.330 e. The van der Waals surface area contributed by atoms with Gasteiger partial charge in [0.2, 0.25) is 0 Å². The molecule has 3 aromatic rings. The number of nitrogens with zero attached hydrogens (tertiary/aromatic N) is 2. The molecule has 0 atom stereocenters. The number of anilines is 1. The Kier molecular flexibility index (Phi) is 8.52. The molecular formula is C25H29ClN2O2S. The molecule has 31 heavy (non-hydrogen) atoms. The first kappa shape index (κ1) is 23.3. The van der Waals surface area contributed by atoms with Crippen molar-refractivity contribution < 1.29 is 9.53 Å². The zero-order valence-corrected chi connectivity index (χ0v) is 19.5. The fraction of sp³-hybridized carbons (Fsp3) is 0.320. The number of halogens is 1. The summed E-state index contributed by atoms with van der Waals surface area (Å²) in [4.78, 5) is 17.7. The number of hydrogen-bond acceptors (Lipinski definition) is 5. The molecule has 0 spiro atoms. The van der Waals surface area contributed by atoms with E-state index in [9.17, 15) is 4.79 Å². The van der Waals surface area contributed by atoms with Gasteiger partial charge in [-0.3, -0.25) is 4.90 Å². The summed E-state index contributed by atoms with van der Waals surface area (Å²) >= 11 is 1.71. The largest absolute Gasteiger partial charge is 0.463 e. The molecule has 4 rings (SSSR count). The van der Waals surface area contributed by atoms with E-state index in [-0.39, 0.29) is 18.4 Å². The van der Waals surface area contributed by atoms with E-state index >= 15 is 0 Å². The molecule has 0 radical (unpaired) electrons. The van der Waals surface area contributed by atoms with E-state index in [2.05, 4.69) is 64.4 Å². The first-order valence-electron chi connectivity index (χ1n) is 10.6. The van der Waals surface area contributed by atoms with Gasteiger partial charge in [-0.05, 0) is 43.2 Å². The molecule has 2 aromatic carbocycles. The summed E-state index contributed by atoms with van der Waals surface area (Å²) in [5, 5.41) is 1.27. The Hall–Kier alpha value is -2.34. The van der Waals surface area contributed by atoms with Crippen LogP contribution >= 0.6 is 23.7 Å². The second kappa shape index (κ2) is 11.3. The van der Waals surface area contributed by atoms with Crippen LogP contribution in [0, 0.1) is 0 Å². The van der Waals surface area contributed by atoms with Crippen molar-refractivity contribution >= 4 is 51.6 Å². The van der Waals surface area contributed by atoms with Gasteiger partial charge in [-0.25, -0.2) is 4.79 Å². The second-order valence-corrected chi connectivity index (χ2v) is 8.60. The van der Waals surface area contributed by atoms with Crippen LogP contribution in [-0.4, -0.2) is 50.2 Å². The Morgan fingerprint density at radius 3 is 2.58 bits per heavy atom. The molecule has 0 N–H and O–H groups in total. The van der Waals surface area contributed by atoms with Gasteiger partial charge in [0.25, 0.3) is 0 Å². The lowest BCUT2D eigenvalue weighted by atomic mass is 10.1. The maximum atomic E-state index is 11.6. The zero-order valence-electron chi connectivity index (χ0n) is 17.8. The van der Waals surface area contributed by atoms with Crippen molar-refractivity contribution in [3.63, 3.8) is 0 Å². The Morgan fingerprint density at radius 2 is 1.84 bits per heavy atom. The molecule has 0 amide bonds. The highest BCUT2D eigenvalue weighted by Crippen LogP contribution is 2.34. The molecule has 164 valence electrons. The van der Waals surface area contributed by atoms with E-state index in [1.165, 1.54) is 27.4 Å². The number of rotatable bonds is 7. The van der Waals surface area contributed by atoms with Crippen molar-refractivity contribution in [2.24, 2.45) is 0 Å². The Morgan fingerprint density at radius 1 is 1.06 bits per heavy atom. The van der Waals surface area contributed by atoms with Crippen LogP contribution in [0.1, 0.15) is 17.4 Å². The van der Waals surface area contributed by atoms with Crippen LogP contribution in [0.3, 0.4) is 0 Å². The van der Waals surface area contributed by atoms with Crippen molar-refractivity contribution in [2.45, 2.75) is 13.3 Å². The highest BCUT2D eigenvalue weighted by Gasteiger charge is 2.19. The fourth-order valence-electron chi connectivity index (χ4n) is 3.91. The van der Waals surface area contributed by atoms with E-state index in [1.54, 1.807) is 11.3 Å². The van der Waals surface area contributed by atoms with Gasteiger partial charge in [-0.15, -0.1) is 23.7 Å². The SMILES string of the molecule is CCOC(=O)C=Cc1cc2c(N3CCN(CCc4ccccc4)CC3)cccc2s1.Cl. The zero-order chi connectivity index (χ0) is 20.8. The molecule has 2 heterocycles. The van der Waals surface area contributed by atoms with E-state index in [4.69, 9.17) is 4.74 Å². The summed E-state index contributed by atoms with van der Waals surface area (Å²) in [5.41, 5.74) is 2.70. The predicted molar refractivity (Wildman–Crippen MR) is 134 cm³/mol. The lowest BCUT2D eigenvalue weighted by Crippen LogP contribution is -2.47. The molecule has 1 fully saturated rings. The number of esters is 1. The topological polar surface area (TPSA) is 32.8 Å². The third-order valence-electron chi connectivity index (χ3n) is 5.50. The normalized spacial score (nSPS) is 14.7. The fourth-order valence-corrected chi connectivity index (χ4v) is 4.89. The molecule has 1 aliphatic rings. The van der Waals surface area contributed by atoms with Gasteiger partial charge in [0.1, 0.15) is 0 Å². The lowest BCUT2D eigenvalue weighted by Gasteiger charge is -2.36. The highest BCUT2D eigenvalue weighted by atomic mass is 35.5. The summed E-state index contributed by atoms with van der Waals surface area (Å²) in [7, 11) is 0. The van der Waals surface area contributed by atoms with E-state index < -0.39 is 0 Å². The summed E-state index contributed by atoms with van der Waals surface area (Å²) < 4.78 is 6.23. The number of carbonyl (C=O) groups excluding carboxylic acids is 1. The van der Waals surface area contributed by atoms with Gasteiger partial charge >= 0.3 is 5.97 Å². The lowest BCUT2D eigenvalue weighted by molar-refractivity contribution is -0.137. The molecule has 0 saturated carbocycles. The molecule has 0 aliphatic carbocycles. The van der Waals surface area contributed by atoms with Crippen molar-refractivity contribution in [2.75, 3.05) is 44.2 Å². The van der Waals surface area contributed by atoms with Crippen molar-refractivity contribution in [1.82, 2.24) is 4.90 Å². The Balaban J connectivity index is 0.00000272. The van der Waals surface area contributed by atoms with Crippen LogP contribution in [-0.2, 0) is 16.0 Å². The first-order chi connectivity index (χ1) is 14.7. The van der Waals surface area contributed by atoms with Crippen molar-refractivity contribution in [3.05, 3.63) is 71.1 Å². The summed E-state index contributed by atoms with van der Waals surface area (Å²) in [6.45, 7) is 7.58.